The monoisotopic (exact) mass is 594 g/mol. The molecule has 230 valence electrons. The second-order valence-corrected chi connectivity index (χ2v) is 12.0. The number of nitrogens with zero attached hydrogens (tertiary/aromatic N) is 2. The summed E-state index contributed by atoms with van der Waals surface area (Å²) in [7, 11) is 0. The van der Waals surface area contributed by atoms with Crippen molar-refractivity contribution in [2.24, 2.45) is 5.92 Å². The molecule has 3 aliphatic rings. The summed E-state index contributed by atoms with van der Waals surface area (Å²) in [6.07, 6.45) is 1.91. The van der Waals surface area contributed by atoms with Crippen molar-refractivity contribution in [2.75, 3.05) is 42.1 Å². The van der Waals surface area contributed by atoms with Crippen LogP contribution in [0, 0.1) is 5.92 Å². The Morgan fingerprint density at radius 2 is 1.50 bits per heavy atom. The van der Waals surface area contributed by atoms with E-state index in [0.29, 0.717) is 11.6 Å². The standard InChI is InChI=1S/C32H40F6N4/c33-31(34,35)24-7-10-27(11-8-24)41-17-13-22(14-18-41)3-1-6-30(23-4-2-5-23)42-19-15-25(16-20-42)40-26-9-12-29(39)28(21-26)32(36,37)38/h7-12,21-22,25,40H,1-6,13-20,39H2. The van der Waals surface area contributed by atoms with Crippen LogP contribution in [0.3, 0.4) is 0 Å². The fraction of sp³-hybridized carbons (Fsp3) is 0.562. The van der Waals surface area contributed by atoms with E-state index in [1.807, 2.05) is 0 Å². The Kier molecular flexibility index (Phi) is 9.18. The fourth-order valence-corrected chi connectivity index (χ4v) is 6.52. The first-order valence-corrected chi connectivity index (χ1v) is 15.1. The third-order valence-electron chi connectivity index (χ3n) is 9.17. The first kappa shape index (κ1) is 30.4. The van der Waals surface area contributed by atoms with Crippen LogP contribution in [0.15, 0.2) is 53.7 Å². The summed E-state index contributed by atoms with van der Waals surface area (Å²) in [5.41, 5.74) is 8.23. The molecule has 2 aliphatic heterocycles. The lowest BCUT2D eigenvalue weighted by Crippen LogP contribution is -2.39. The van der Waals surface area contributed by atoms with E-state index in [9.17, 15) is 26.3 Å². The largest absolute Gasteiger partial charge is 0.418 e. The van der Waals surface area contributed by atoms with E-state index < -0.39 is 23.5 Å². The van der Waals surface area contributed by atoms with Crippen LogP contribution in [0.2, 0.25) is 0 Å². The molecular weight excluding hydrogens is 554 g/mol. The number of likely N-dealkylation sites (tertiary alicyclic amines) is 1. The van der Waals surface area contributed by atoms with Crippen molar-refractivity contribution >= 4 is 17.1 Å². The molecule has 0 aromatic heterocycles. The lowest BCUT2D eigenvalue weighted by atomic mass is 9.86. The zero-order chi connectivity index (χ0) is 29.9. The Balaban J connectivity index is 1.07. The molecule has 3 fully saturated rings. The third kappa shape index (κ3) is 7.48. The van der Waals surface area contributed by atoms with Gasteiger partial charge in [0.1, 0.15) is 0 Å². The van der Waals surface area contributed by atoms with Crippen LogP contribution in [0.5, 0.6) is 0 Å². The Labute approximate surface area is 243 Å². The summed E-state index contributed by atoms with van der Waals surface area (Å²) < 4.78 is 78.4. The zero-order valence-corrected chi connectivity index (χ0v) is 23.8. The van der Waals surface area contributed by atoms with E-state index in [0.717, 1.165) is 108 Å². The Bertz CT molecular complexity index is 1220. The lowest BCUT2D eigenvalue weighted by molar-refractivity contribution is -0.138. The minimum absolute atomic E-state index is 0.119. The molecule has 10 heteroatoms. The number of allylic oxidation sites excluding steroid dienone is 2. The summed E-state index contributed by atoms with van der Waals surface area (Å²) >= 11 is 0. The highest BCUT2D eigenvalue weighted by Crippen LogP contribution is 2.38. The van der Waals surface area contributed by atoms with E-state index in [2.05, 4.69) is 15.1 Å². The van der Waals surface area contributed by atoms with Gasteiger partial charge in [0.15, 0.2) is 0 Å². The van der Waals surface area contributed by atoms with Gasteiger partial charge in [0.2, 0.25) is 0 Å². The van der Waals surface area contributed by atoms with E-state index in [1.165, 1.54) is 18.2 Å². The SMILES string of the molecule is Nc1ccc(NC2CCN(C(CCCC3CCN(c4ccc(C(F)(F)F)cc4)CC3)=C3CCC3)CC2)cc1C(F)(F)F. The molecule has 2 aromatic carbocycles. The topological polar surface area (TPSA) is 44.5 Å². The van der Waals surface area contributed by atoms with Crippen molar-refractivity contribution in [3.63, 3.8) is 0 Å². The maximum Gasteiger partial charge on any atom is 0.418 e. The predicted molar refractivity (Wildman–Crippen MR) is 155 cm³/mol. The molecule has 4 nitrogen and oxygen atoms in total. The van der Waals surface area contributed by atoms with Gasteiger partial charge in [-0.1, -0.05) is 5.57 Å². The molecule has 0 atom stereocenters. The summed E-state index contributed by atoms with van der Waals surface area (Å²) in [5.74, 6) is 0.625. The molecule has 0 spiro atoms. The van der Waals surface area contributed by atoms with Crippen LogP contribution in [0.25, 0.3) is 0 Å². The van der Waals surface area contributed by atoms with Gasteiger partial charge in [0.25, 0.3) is 0 Å². The Morgan fingerprint density at radius 3 is 2.07 bits per heavy atom. The molecule has 2 heterocycles. The summed E-state index contributed by atoms with van der Waals surface area (Å²) in [6, 6.07) is 9.65. The maximum atomic E-state index is 13.3. The number of halogens is 6. The summed E-state index contributed by atoms with van der Waals surface area (Å²) in [5, 5.41) is 3.30. The molecular formula is C32H40F6N4. The van der Waals surface area contributed by atoms with Gasteiger partial charge in [0, 0.05) is 55.0 Å². The van der Waals surface area contributed by atoms with Crippen LogP contribution < -0.4 is 16.0 Å². The van der Waals surface area contributed by atoms with Crippen molar-refractivity contribution in [1.82, 2.24) is 4.90 Å². The minimum Gasteiger partial charge on any atom is -0.398 e. The van der Waals surface area contributed by atoms with E-state index in [-0.39, 0.29) is 11.7 Å². The highest BCUT2D eigenvalue weighted by Gasteiger charge is 2.34. The van der Waals surface area contributed by atoms with E-state index in [1.54, 1.807) is 23.8 Å². The van der Waals surface area contributed by atoms with Gasteiger partial charge in [-0.15, -0.1) is 0 Å². The smallest absolute Gasteiger partial charge is 0.398 e. The van der Waals surface area contributed by atoms with E-state index in [4.69, 9.17) is 5.73 Å². The second-order valence-electron chi connectivity index (χ2n) is 12.0. The van der Waals surface area contributed by atoms with Gasteiger partial charge in [-0.3, -0.25) is 0 Å². The molecule has 2 saturated heterocycles. The molecule has 0 unspecified atom stereocenters. The fourth-order valence-electron chi connectivity index (χ4n) is 6.52. The molecule has 5 rings (SSSR count). The van der Waals surface area contributed by atoms with Gasteiger partial charge >= 0.3 is 12.4 Å². The minimum atomic E-state index is -4.47. The molecule has 1 saturated carbocycles. The number of anilines is 3. The molecule has 0 bridgehead atoms. The second kappa shape index (κ2) is 12.7. The number of hydrogen-bond donors (Lipinski definition) is 2. The van der Waals surface area contributed by atoms with Gasteiger partial charge in [-0.05, 0) is 113 Å². The van der Waals surface area contributed by atoms with Crippen molar-refractivity contribution < 1.29 is 26.3 Å². The molecule has 2 aromatic rings. The number of piperidine rings is 2. The lowest BCUT2D eigenvalue weighted by Gasteiger charge is -2.39. The van der Waals surface area contributed by atoms with Crippen LogP contribution in [0.1, 0.15) is 75.3 Å². The Hall–Kier alpha value is -3.04. The predicted octanol–water partition coefficient (Wildman–Crippen LogP) is 8.71. The van der Waals surface area contributed by atoms with Gasteiger partial charge < -0.3 is 20.9 Å². The van der Waals surface area contributed by atoms with Crippen molar-refractivity contribution in [3.8, 4) is 0 Å². The molecule has 3 N–H and O–H groups in total. The van der Waals surface area contributed by atoms with Crippen LogP contribution in [-0.2, 0) is 12.4 Å². The number of nitrogens with two attached hydrogens (primary N) is 1. The molecule has 0 radical (unpaired) electrons. The first-order valence-electron chi connectivity index (χ1n) is 15.1. The first-order chi connectivity index (χ1) is 20.0. The van der Waals surface area contributed by atoms with Gasteiger partial charge in [-0.25, -0.2) is 0 Å². The third-order valence-corrected chi connectivity index (χ3v) is 9.17. The summed E-state index contributed by atoms with van der Waals surface area (Å²) in [4.78, 5) is 4.69. The highest BCUT2D eigenvalue weighted by molar-refractivity contribution is 5.58. The molecule has 42 heavy (non-hydrogen) atoms. The van der Waals surface area contributed by atoms with Crippen molar-refractivity contribution in [2.45, 2.75) is 82.6 Å². The number of nitrogen functional groups attached to an aromatic ring is 1. The molecule has 0 amide bonds. The van der Waals surface area contributed by atoms with Crippen LogP contribution in [0.4, 0.5) is 43.4 Å². The van der Waals surface area contributed by atoms with Crippen LogP contribution >= 0.6 is 0 Å². The maximum absolute atomic E-state index is 13.3. The van der Waals surface area contributed by atoms with Crippen LogP contribution in [-0.4, -0.2) is 37.1 Å². The average molecular weight is 595 g/mol. The normalized spacial score (nSPS) is 19.1. The number of rotatable bonds is 8. The highest BCUT2D eigenvalue weighted by atomic mass is 19.4. The molecule has 1 aliphatic carbocycles. The van der Waals surface area contributed by atoms with Crippen molar-refractivity contribution in [1.29, 1.82) is 0 Å². The number of alkyl halides is 6. The number of hydrogen-bond acceptors (Lipinski definition) is 4. The van der Waals surface area contributed by atoms with E-state index >= 15 is 0 Å². The van der Waals surface area contributed by atoms with Gasteiger partial charge in [-0.2, -0.15) is 26.3 Å². The number of nitrogens with one attached hydrogen (secondary N) is 1. The van der Waals surface area contributed by atoms with Gasteiger partial charge in [0.05, 0.1) is 11.1 Å². The quantitative estimate of drug-likeness (QED) is 0.237. The Morgan fingerprint density at radius 1 is 0.833 bits per heavy atom. The number of benzene rings is 2. The summed E-state index contributed by atoms with van der Waals surface area (Å²) in [6.45, 7) is 3.51. The average Bonchev–Trinajstić information content (AvgIpc) is 2.92. The zero-order valence-electron chi connectivity index (χ0n) is 23.8. The van der Waals surface area contributed by atoms with Crippen molar-refractivity contribution in [3.05, 3.63) is 64.9 Å².